The van der Waals surface area contributed by atoms with Crippen LogP contribution in [0, 0.1) is 11.5 Å². The lowest BCUT2D eigenvalue weighted by atomic mass is 10.1. The fraction of sp³-hybridized carbons (Fsp3) is 0.833. The number of hydrogen-bond acceptors (Lipinski definition) is 5. The summed E-state index contributed by atoms with van der Waals surface area (Å²) in [4.78, 5) is 0. The van der Waals surface area contributed by atoms with Crippen LogP contribution in [0.15, 0.2) is 0 Å². The molecule has 0 aromatic rings. The van der Waals surface area contributed by atoms with Crippen LogP contribution in [0.5, 0.6) is 0 Å². The lowest BCUT2D eigenvalue weighted by molar-refractivity contribution is -0.316. The number of ether oxygens (including phenoxy) is 2. The summed E-state index contributed by atoms with van der Waals surface area (Å²) in [5, 5.41) is 0. The second-order valence-electron chi connectivity index (χ2n) is 5.19. The van der Waals surface area contributed by atoms with Crippen molar-refractivity contribution in [2.45, 2.75) is 52.3 Å². The van der Waals surface area contributed by atoms with Gasteiger partial charge in [0.25, 0.3) is 6.48 Å². The molecule has 106 valence electrons. The lowest BCUT2D eigenvalue weighted by Gasteiger charge is -2.34. The Bertz CT molecular complexity index is 279. The Morgan fingerprint density at radius 1 is 1.06 bits per heavy atom. The van der Waals surface area contributed by atoms with Gasteiger partial charge in [0.05, 0.1) is 11.2 Å². The summed E-state index contributed by atoms with van der Waals surface area (Å²) in [6, 6.07) is 0. The molecule has 0 saturated heterocycles. The maximum Gasteiger partial charge on any atom is 0.263 e. The van der Waals surface area contributed by atoms with Crippen LogP contribution in [0.2, 0.25) is 0 Å². The Hall–Kier alpha value is -0.423. The third-order valence-electron chi connectivity index (χ3n) is 2.28. The zero-order valence-corrected chi connectivity index (χ0v) is 13.5. The van der Waals surface area contributed by atoms with Crippen LogP contribution in [0.4, 0.5) is 0 Å². The smallest absolute Gasteiger partial charge is 0.263 e. The summed E-state index contributed by atoms with van der Waals surface area (Å²) in [6.07, 6.45) is 0. The maximum absolute atomic E-state index is 5.71. The van der Waals surface area contributed by atoms with Gasteiger partial charge in [-0.25, -0.2) is 0 Å². The molecule has 4 N–H and O–H groups in total. The van der Waals surface area contributed by atoms with Crippen LogP contribution in [0.1, 0.15) is 34.6 Å². The Labute approximate surface area is 112 Å². The lowest BCUT2D eigenvalue weighted by Crippen LogP contribution is -2.45. The molecule has 0 amide bonds. The van der Waals surface area contributed by atoms with E-state index in [2.05, 4.69) is 11.5 Å². The van der Waals surface area contributed by atoms with Crippen molar-refractivity contribution in [3.63, 3.8) is 0 Å². The zero-order chi connectivity index (χ0) is 14.2. The van der Waals surface area contributed by atoms with E-state index < -0.39 is 27.4 Å². The molecule has 0 atom stereocenters. The fourth-order valence-corrected chi connectivity index (χ4v) is 1.39. The SMILES string of the molecule is CC#C[SiH2]OC(OC(C)(C)CN)OC(C)(C)CN. The van der Waals surface area contributed by atoms with Crippen LogP contribution in [0.3, 0.4) is 0 Å². The van der Waals surface area contributed by atoms with Crippen molar-refractivity contribution in [2.75, 3.05) is 13.1 Å². The summed E-state index contributed by atoms with van der Waals surface area (Å²) in [5.41, 5.74) is 13.2. The molecule has 18 heavy (non-hydrogen) atoms. The van der Waals surface area contributed by atoms with E-state index >= 15 is 0 Å². The molecule has 0 heterocycles. The van der Waals surface area contributed by atoms with E-state index in [4.69, 9.17) is 25.4 Å². The zero-order valence-electron chi connectivity index (χ0n) is 12.1. The highest BCUT2D eigenvalue weighted by atomic mass is 28.2. The predicted octanol–water partition coefficient (Wildman–Crippen LogP) is -0.141. The summed E-state index contributed by atoms with van der Waals surface area (Å²) >= 11 is 0. The first-order valence-electron chi connectivity index (χ1n) is 6.03. The van der Waals surface area contributed by atoms with Gasteiger partial charge in [0.1, 0.15) is 0 Å². The monoisotopic (exact) mass is 274 g/mol. The van der Waals surface area contributed by atoms with Gasteiger partial charge in [0.15, 0.2) is 0 Å². The Morgan fingerprint density at radius 3 is 1.83 bits per heavy atom. The van der Waals surface area contributed by atoms with Crippen molar-refractivity contribution in [3.8, 4) is 11.5 Å². The van der Waals surface area contributed by atoms with Gasteiger partial charge >= 0.3 is 0 Å². The molecule has 0 saturated carbocycles. The molecule has 0 aliphatic carbocycles. The molecular weight excluding hydrogens is 248 g/mol. The second kappa shape index (κ2) is 7.89. The fourth-order valence-electron chi connectivity index (χ4n) is 0.891. The minimum atomic E-state index is -0.982. The molecule has 0 unspecified atom stereocenters. The first-order chi connectivity index (χ1) is 8.26. The van der Waals surface area contributed by atoms with E-state index in [1.807, 2.05) is 27.7 Å². The minimum Gasteiger partial charge on any atom is -0.365 e. The third kappa shape index (κ3) is 7.82. The third-order valence-corrected chi connectivity index (χ3v) is 3.22. The molecule has 0 aromatic heterocycles. The number of rotatable bonds is 8. The van der Waals surface area contributed by atoms with Gasteiger partial charge in [-0.1, -0.05) is 0 Å². The topological polar surface area (TPSA) is 79.7 Å². The normalized spacial score (nSPS) is 13.1. The first kappa shape index (κ1) is 17.6. The van der Waals surface area contributed by atoms with Crippen LogP contribution in [0.25, 0.3) is 0 Å². The highest BCUT2D eigenvalue weighted by Crippen LogP contribution is 2.17. The average Bonchev–Trinajstić information content (AvgIpc) is 2.28. The molecule has 5 nitrogen and oxygen atoms in total. The van der Waals surface area contributed by atoms with Crippen molar-refractivity contribution < 1.29 is 13.9 Å². The van der Waals surface area contributed by atoms with Crippen LogP contribution < -0.4 is 11.5 Å². The largest absolute Gasteiger partial charge is 0.365 e. The minimum absolute atomic E-state index is 0.375. The van der Waals surface area contributed by atoms with Crippen LogP contribution in [-0.4, -0.2) is 40.5 Å². The Kier molecular flexibility index (Phi) is 7.71. The van der Waals surface area contributed by atoms with Gasteiger partial charge in [0, 0.05) is 13.1 Å². The van der Waals surface area contributed by atoms with Gasteiger partial charge < -0.3 is 25.4 Å². The highest BCUT2D eigenvalue weighted by molar-refractivity contribution is 6.38. The van der Waals surface area contributed by atoms with E-state index in [0.29, 0.717) is 13.1 Å². The van der Waals surface area contributed by atoms with Crippen molar-refractivity contribution in [2.24, 2.45) is 11.5 Å². The van der Waals surface area contributed by atoms with Crippen LogP contribution >= 0.6 is 0 Å². The quantitative estimate of drug-likeness (QED) is 0.366. The second-order valence-corrected chi connectivity index (χ2v) is 6.17. The average molecular weight is 274 g/mol. The van der Waals surface area contributed by atoms with Gasteiger partial charge in [-0.15, -0.1) is 11.5 Å². The molecular formula is C12H26N2O3Si. The van der Waals surface area contributed by atoms with E-state index in [9.17, 15) is 0 Å². The van der Waals surface area contributed by atoms with Crippen molar-refractivity contribution >= 4 is 9.76 Å². The first-order valence-corrected chi connectivity index (χ1v) is 7.32. The van der Waals surface area contributed by atoms with Crippen LogP contribution in [-0.2, 0) is 13.9 Å². The Morgan fingerprint density at radius 2 is 1.50 bits per heavy atom. The molecule has 0 bridgehead atoms. The molecule has 6 heteroatoms. The molecule has 0 radical (unpaired) electrons. The van der Waals surface area contributed by atoms with Crippen molar-refractivity contribution in [3.05, 3.63) is 0 Å². The molecule has 0 rings (SSSR count). The maximum atomic E-state index is 5.71. The van der Waals surface area contributed by atoms with Crippen molar-refractivity contribution in [1.29, 1.82) is 0 Å². The van der Waals surface area contributed by atoms with E-state index in [-0.39, 0.29) is 0 Å². The van der Waals surface area contributed by atoms with Crippen molar-refractivity contribution in [1.82, 2.24) is 0 Å². The van der Waals surface area contributed by atoms with Gasteiger partial charge in [-0.2, -0.15) is 0 Å². The van der Waals surface area contributed by atoms with Gasteiger partial charge in [-0.05, 0) is 34.6 Å². The van der Waals surface area contributed by atoms with Gasteiger partial charge in [0.2, 0.25) is 9.76 Å². The highest BCUT2D eigenvalue weighted by Gasteiger charge is 2.28. The standard InChI is InChI=1S/C12H26N2O3Si/c1-6-7-18-17-10(15-11(2,3)8-13)16-12(4,5)9-14/h10H,8-9,13-14,18H2,1-5H3. The molecule has 0 fully saturated rings. The van der Waals surface area contributed by atoms with E-state index in [1.165, 1.54) is 0 Å². The Balaban J connectivity index is 4.55. The molecule has 0 aliphatic rings. The predicted molar refractivity (Wildman–Crippen MR) is 75.3 cm³/mol. The summed E-state index contributed by atoms with van der Waals surface area (Å²) in [6.45, 7) is 9.30. The number of nitrogens with two attached hydrogens (primary N) is 2. The number of hydrogen-bond donors (Lipinski definition) is 2. The summed E-state index contributed by atoms with van der Waals surface area (Å²) in [5.74, 6) is 2.80. The van der Waals surface area contributed by atoms with E-state index in [0.717, 1.165) is 0 Å². The summed E-state index contributed by atoms with van der Waals surface area (Å²) in [7, 11) is -0.982. The molecule has 0 aliphatic heterocycles. The molecule has 0 aromatic carbocycles. The van der Waals surface area contributed by atoms with Gasteiger partial charge in [-0.3, -0.25) is 0 Å². The summed E-state index contributed by atoms with van der Waals surface area (Å²) < 4.78 is 17.0. The van der Waals surface area contributed by atoms with E-state index in [1.54, 1.807) is 6.92 Å². The molecule has 0 spiro atoms.